The summed E-state index contributed by atoms with van der Waals surface area (Å²) in [6.07, 6.45) is 0. The molecule has 2 N–H and O–H groups in total. The predicted octanol–water partition coefficient (Wildman–Crippen LogP) is 1.41. The van der Waals surface area contributed by atoms with Gasteiger partial charge in [0.2, 0.25) is 0 Å². The number of nitrogens with two attached hydrogens (primary N) is 1. The summed E-state index contributed by atoms with van der Waals surface area (Å²) in [6, 6.07) is 4.49. The Morgan fingerprint density at radius 3 is 2.40 bits per heavy atom. The number of likely N-dealkylation sites (N-methyl/N-ethyl adjacent to an activating group) is 2. The standard InChI is InChI=1S/C11H18FN3/c1-14(2)6-7-15(3)11-5-4-9(12)8-10(11)13/h4-5,8H,6-7,13H2,1-3H3. The molecule has 0 fully saturated rings. The number of anilines is 2. The lowest BCUT2D eigenvalue weighted by molar-refractivity contribution is 0.416. The molecule has 0 unspecified atom stereocenters. The lowest BCUT2D eigenvalue weighted by atomic mass is 10.2. The highest BCUT2D eigenvalue weighted by Gasteiger charge is 2.06. The molecule has 0 heterocycles. The van der Waals surface area contributed by atoms with Crippen LogP contribution in [0.25, 0.3) is 0 Å². The van der Waals surface area contributed by atoms with Crippen LogP contribution in [-0.4, -0.2) is 39.1 Å². The van der Waals surface area contributed by atoms with Gasteiger partial charge in [0.15, 0.2) is 0 Å². The van der Waals surface area contributed by atoms with Gasteiger partial charge < -0.3 is 15.5 Å². The largest absolute Gasteiger partial charge is 0.397 e. The molecule has 0 aliphatic rings. The fraction of sp³-hybridized carbons (Fsp3) is 0.455. The molecular formula is C11H18FN3. The summed E-state index contributed by atoms with van der Waals surface area (Å²) < 4.78 is 12.8. The van der Waals surface area contributed by atoms with Gasteiger partial charge in [-0.15, -0.1) is 0 Å². The second-order valence-electron chi connectivity index (χ2n) is 3.93. The van der Waals surface area contributed by atoms with Gasteiger partial charge in [-0.3, -0.25) is 0 Å². The molecular weight excluding hydrogens is 193 g/mol. The smallest absolute Gasteiger partial charge is 0.125 e. The van der Waals surface area contributed by atoms with Gasteiger partial charge >= 0.3 is 0 Å². The molecule has 0 aliphatic carbocycles. The van der Waals surface area contributed by atoms with Crippen molar-refractivity contribution in [3.05, 3.63) is 24.0 Å². The Bertz CT molecular complexity index is 326. The van der Waals surface area contributed by atoms with E-state index in [1.165, 1.54) is 12.1 Å². The van der Waals surface area contributed by atoms with Gasteiger partial charge in [0.05, 0.1) is 11.4 Å². The zero-order chi connectivity index (χ0) is 11.4. The van der Waals surface area contributed by atoms with Crippen molar-refractivity contribution in [1.82, 2.24) is 4.90 Å². The van der Waals surface area contributed by atoms with Crippen LogP contribution in [0.3, 0.4) is 0 Å². The summed E-state index contributed by atoms with van der Waals surface area (Å²) in [7, 11) is 5.98. The summed E-state index contributed by atoms with van der Waals surface area (Å²) in [5.41, 5.74) is 7.09. The van der Waals surface area contributed by atoms with Crippen molar-refractivity contribution >= 4 is 11.4 Å². The molecule has 0 saturated heterocycles. The normalized spacial score (nSPS) is 10.7. The van der Waals surface area contributed by atoms with Crippen molar-refractivity contribution < 1.29 is 4.39 Å². The zero-order valence-electron chi connectivity index (χ0n) is 9.50. The van der Waals surface area contributed by atoms with Crippen LogP contribution >= 0.6 is 0 Å². The van der Waals surface area contributed by atoms with Crippen molar-refractivity contribution in [2.75, 3.05) is 44.9 Å². The summed E-state index contributed by atoms with van der Waals surface area (Å²) in [4.78, 5) is 4.12. The molecule has 0 bridgehead atoms. The number of hydrogen-bond acceptors (Lipinski definition) is 3. The van der Waals surface area contributed by atoms with E-state index in [9.17, 15) is 4.39 Å². The molecule has 3 nitrogen and oxygen atoms in total. The van der Waals surface area contributed by atoms with E-state index in [0.29, 0.717) is 5.69 Å². The number of halogens is 1. The molecule has 0 aromatic heterocycles. The van der Waals surface area contributed by atoms with Crippen molar-refractivity contribution in [3.63, 3.8) is 0 Å². The molecule has 1 aromatic carbocycles. The maximum absolute atomic E-state index is 12.8. The number of nitrogens with zero attached hydrogens (tertiary/aromatic N) is 2. The fourth-order valence-electron chi connectivity index (χ4n) is 1.34. The molecule has 0 spiro atoms. The number of hydrogen-bond donors (Lipinski definition) is 1. The molecule has 1 rings (SSSR count). The van der Waals surface area contributed by atoms with Crippen LogP contribution in [0.2, 0.25) is 0 Å². The van der Waals surface area contributed by atoms with Gasteiger partial charge in [-0.2, -0.15) is 0 Å². The highest BCUT2D eigenvalue weighted by Crippen LogP contribution is 2.22. The van der Waals surface area contributed by atoms with Crippen LogP contribution in [-0.2, 0) is 0 Å². The molecule has 4 heteroatoms. The minimum Gasteiger partial charge on any atom is -0.397 e. The second-order valence-corrected chi connectivity index (χ2v) is 3.93. The molecule has 84 valence electrons. The Kier molecular flexibility index (Phi) is 3.91. The van der Waals surface area contributed by atoms with E-state index in [1.807, 2.05) is 26.0 Å². The Hall–Kier alpha value is -1.29. The van der Waals surface area contributed by atoms with Crippen LogP contribution in [0, 0.1) is 5.82 Å². The molecule has 0 saturated carbocycles. The van der Waals surface area contributed by atoms with Crippen LogP contribution in [0.4, 0.5) is 15.8 Å². The van der Waals surface area contributed by atoms with Crippen molar-refractivity contribution in [3.8, 4) is 0 Å². The van der Waals surface area contributed by atoms with Gasteiger partial charge in [0.1, 0.15) is 5.82 Å². The average Bonchev–Trinajstić information content (AvgIpc) is 2.14. The highest BCUT2D eigenvalue weighted by molar-refractivity contribution is 5.67. The van der Waals surface area contributed by atoms with Crippen LogP contribution in [0.1, 0.15) is 0 Å². The molecule has 0 radical (unpaired) electrons. The maximum atomic E-state index is 12.8. The maximum Gasteiger partial charge on any atom is 0.125 e. The summed E-state index contributed by atoms with van der Waals surface area (Å²) in [5.74, 6) is -0.294. The monoisotopic (exact) mass is 211 g/mol. The van der Waals surface area contributed by atoms with Crippen LogP contribution < -0.4 is 10.6 Å². The van der Waals surface area contributed by atoms with E-state index in [4.69, 9.17) is 5.73 Å². The lowest BCUT2D eigenvalue weighted by Gasteiger charge is -2.22. The topological polar surface area (TPSA) is 32.5 Å². The first-order valence-electron chi connectivity index (χ1n) is 4.91. The first-order chi connectivity index (χ1) is 7.00. The zero-order valence-corrected chi connectivity index (χ0v) is 9.50. The van der Waals surface area contributed by atoms with Crippen molar-refractivity contribution in [1.29, 1.82) is 0 Å². The first kappa shape index (κ1) is 11.8. The second kappa shape index (κ2) is 4.98. The third-order valence-electron chi connectivity index (χ3n) is 2.28. The van der Waals surface area contributed by atoms with E-state index in [-0.39, 0.29) is 5.82 Å². The van der Waals surface area contributed by atoms with E-state index in [0.717, 1.165) is 18.8 Å². The molecule has 15 heavy (non-hydrogen) atoms. The van der Waals surface area contributed by atoms with Gasteiger partial charge in [-0.1, -0.05) is 0 Å². The number of benzene rings is 1. The van der Waals surface area contributed by atoms with Gasteiger partial charge in [0.25, 0.3) is 0 Å². The third kappa shape index (κ3) is 3.40. The van der Waals surface area contributed by atoms with E-state index in [2.05, 4.69) is 4.90 Å². The Morgan fingerprint density at radius 2 is 1.87 bits per heavy atom. The Morgan fingerprint density at radius 1 is 1.20 bits per heavy atom. The highest BCUT2D eigenvalue weighted by atomic mass is 19.1. The molecule has 0 atom stereocenters. The Labute approximate surface area is 90.3 Å². The molecule has 0 amide bonds. The van der Waals surface area contributed by atoms with Gasteiger partial charge in [0, 0.05) is 20.1 Å². The van der Waals surface area contributed by atoms with Gasteiger partial charge in [-0.05, 0) is 32.3 Å². The average molecular weight is 211 g/mol. The molecule has 1 aromatic rings. The van der Waals surface area contributed by atoms with Crippen molar-refractivity contribution in [2.24, 2.45) is 0 Å². The Balaban J connectivity index is 2.69. The summed E-state index contributed by atoms with van der Waals surface area (Å²) in [6.45, 7) is 1.80. The van der Waals surface area contributed by atoms with E-state index in [1.54, 1.807) is 6.07 Å². The minimum atomic E-state index is -0.294. The first-order valence-corrected chi connectivity index (χ1v) is 4.91. The summed E-state index contributed by atoms with van der Waals surface area (Å²) in [5, 5.41) is 0. The quantitative estimate of drug-likeness (QED) is 0.764. The lowest BCUT2D eigenvalue weighted by Crippen LogP contribution is -2.28. The van der Waals surface area contributed by atoms with Crippen molar-refractivity contribution in [2.45, 2.75) is 0 Å². The third-order valence-corrected chi connectivity index (χ3v) is 2.28. The van der Waals surface area contributed by atoms with Crippen LogP contribution in [0.15, 0.2) is 18.2 Å². The predicted molar refractivity (Wildman–Crippen MR) is 62.6 cm³/mol. The van der Waals surface area contributed by atoms with Crippen LogP contribution in [0.5, 0.6) is 0 Å². The van der Waals surface area contributed by atoms with Gasteiger partial charge in [-0.25, -0.2) is 4.39 Å². The minimum absolute atomic E-state index is 0.294. The summed E-state index contributed by atoms with van der Waals surface area (Å²) >= 11 is 0. The SMILES string of the molecule is CN(C)CCN(C)c1ccc(F)cc1N. The number of nitrogen functional groups attached to an aromatic ring is 1. The van der Waals surface area contributed by atoms with E-state index < -0.39 is 0 Å². The molecule has 0 aliphatic heterocycles. The fourth-order valence-corrected chi connectivity index (χ4v) is 1.34. The van der Waals surface area contributed by atoms with E-state index >= 15 is 0 Å². The number of rotatable bonds is 4.